The van der Waals surface area contributed by atoms with Crippen molar-refractivity contribution in [2.75, 3.05) is 26.4 Å². The number of nitrogens with zero attached hydrogens (tertiary/aromatic N) is 1. The number of carbonyl (C=O) groups excluding carboxylic acids is 1. The molecule has 0 aliphatic carbocycles. The minimum atomic E-state index is -3.68. The van der Waals surface area contributed by atoms with E-state index in [2.05, 4.69) is 4.74 Å². The molecule has 0 fully saturated rings. The number of esters is 1. The molecule has 112 valence electrons. The number of benzene rings is 1. The number of aryl methyl sites for hydroxylation is 1. The average Bonchev–Trinajstić information content (AvgIpc) is 2.39. The van der Waals surface area contributed by atoms with Gasteiger partial charge in [-0.15, -0.1) is 0 Å². The molecule has 0 heterocycles. The number of nitrogen functional groups attached to an aromatic ring is 1. The number of ether oxygens (including phenoxy) is 1. The number of rotatable bonds is 5. The normalized spacial score (nSPS) is 11.7. The Hall–Kier alpha value is -1.60. The number of carbonyl (C=O) groups is 1. The summed E-state index contributed by atoms with van der Waals surface area (Å²) < 4.78 is 30.7. The number of methoxy groups -OCH3 is 1. The molecule has 0 bridgehead atoms. The molecule has 6 nitrogen and oxygen atoms in total. The molecule has 7 heteroatoms. The van der Waals surface area contributed by atoms with Gasteiger partial charge in [-0.05, 0) is 31.0 Å². The van der Waals surface area contributed by atoms with Gasteiger partial charge in [0.2, 0.25) is 10.0 Å². The number of sulfonamides is 1. The van der Waals surface area contributed by atoms with Crippen molar-refractivity contribution < 1.29 is 17.9 Å². The fraction of sp³-hybridized carbons (Fsp3) is 0.462. The minimum Gasteiger partial charge on any atom is -0.469 e. The first-order valence-electron chi connectivity index (χ1n) is 6.10. The van der Waals surface area contributed by atoms with Gasteiger partial charge < -0.3 is 10.5 Å². The number of hydrogen-bond acceptors (Lipinski definition) is 5. The molecule has 0 aliphatic rings. The molecule has 0 spiro atoms. The summed E-state index contributed by atoms with van der Waals surface area (Å²) >= 11 is 0. The summed E-state index contributed by atoms with van der Waals surface area (Å²) in [5.41, 5.74) is 7.35. The SMILES string of the molecule is COC(=O)CCN(C)S(=O)(=O)c1c(C)ccc(N)c1C. The molecular formula is C13H20N2O4S. The van der Waals surface area contributed by atoms with E-state index in [1.807, 2.05) is 0 Å². The van der Waals surface area contributed by atoms with Crippen molar-refractivity contribution in [1.29, 1.82) is 0 Å². The third kappa shape index (κ3) is 3.29. The number of anilines is 1. The summed E-state index contributed by atoms with van der Waals surface area (Å²) in [5, 5.41) is 0. The van der Waals surface area contributed by atoms with Crippen LogP contribution in [-0.2, 0) is 19.6 Å². The lowest BCUT2D eigenvalue weighted by molar-refractivity contribution is -0.140. The molecule has 1 rings (SSSR count). The van der Waals surface area contributed by atoms with Crippen LogP contribution >= 0.6 is 0 Å². The Balaban J connectivity index is 3.11. The van der Waals surface area contributed by atoms with Gasteiger partial charge in [0.05, 0.1) is 18.4 Å². The second-order valence-corrected chi connectivity index (χ2v) is 6.56. The second kappa shape index (κ2) is 6.23. The predicted molar refractivity (Wildman–Crippen MR) is 76.8 cm³/mol. The van der Waals surface area contributed by atoms with Crippen LogP contribution in [0.4, 0.5) is 5.69 Å². The third-order valence-corrected chi connectivity index (χ3v) is 5.32. The summed E-state index contributed by atoms with van der Waals surface area (Å²) in [6.45, 7) is 3.44. The van der Waals surface area contributed by atoms with Gasteiger partial charge in [-0.25, -0.2) is 12.7 Å². The fourth-order valence-electron chi connectivity index (χ4n) is 1.87. The standard InChI is InChI=1S/C13H20N2O4S/c1-9-5-6-11(14)10(2)13(9)20(17,18)15(3)8-7-12(16)19-4/h5-6H,7-8,14H2,1-4H3. The molecule has 0 aliphatic heterocycles. The Kier molecular flexibility index (Phi) is 5.13. The molecule has 1 aromatic carbocycles. The van der Waals surface area contributed by atoms with E-state index in [-0.39, 0.29) is 17.9 Å². The van der Waals surface area contributed by atoms with Crippen LogP contribution < -0.4 is 5.73 Å². The summed E-state index contributed by atoms with van der Waals surface area (Å²) in [6.07, 6.45) is 0.00659. The Labute approximate surface area is 119 Å². The highest BCUT2D eigenvalue weighted by Gasteiger charge is 2.26. The van der Waals surface area contributed by atoms with E-state index in [1.54, 1.807) is 26.0 Å². The van der Waals surface area contributed by atoms with Crippen molar-refractivity contribution in [1.82, 2.24) is 4.31 Å². The van der Waals surface area contributed by atoms with Gasteiger partial charge in [0, 0.05) is 19.3 Å². The zero-order valence-corrected chi connectivity index (χ0v) is 13.0. The molecule has 2 N–H and O–H groups in total. The highest BCUT2D eigenvalue weighted by Crippen LogP contribution is 2.27. The van der Waals surface area contributed by atoms with Gasteiger partial charge >= 0.3 is 5.97 Å². The minimum absolute atomic E-state index is 0.00659. The van der Waals surface area contributed by atoms with Crippen LogP contribution in [0.15, 0.2) is 17.0 Å². The maximum Gasteiger partial charge on any atom is 0.306 e. The molecular weight excluding hydrogens is 280 g/mol. The van der Waals surface area contributed by atoms with Gasteiger partial charge in [-0.1, -0.05) is 6.07 Å². The van der Waals surface area contributed by atoms with Crippen molar-refractivity contribution >= 4 is 21.7 Å². The molecule has 0 unspecified atom stereocenters. The molecule has 0 saturated carbocycles. The third-order valence-electron chi connectivity index (χ3n) is 3.17. The number of hydrogen-bond donors (Lipinski definition) is 1. The summed E-state index contributed by atoms with van der Waals surface area (Å²) in [5.74, 6) is -0.451. The molecule has 20 heavy (non-hydrogen) atoms. The molecule has 0 atom stereocenters. The topological polar surface area (TPSA) is 89.7 Å². The van der Waals surface area contributed by atoms with Gasteiger partial charge in [0.1, 0.15) is 0 Å². The smallest absolute Gasteiger partial charge is 0.306 e. The van der Waals surface area contributed by atoms with Crippen LogP contribution in [0.1, 0.15) is 17.5 Å². The van der Waals surface area contributed by atoms with Crippen LogP contribution in [0.3, 0.4) is 0 Å². The van der Waals surface area contributed by atoms with E-state index in [0.717, 1.165) is 4.31 Å². The lowest BCUT2D eigenvalue weighted by atomic mass is 10.1. The molecule has 1 aromatic rings. The largest absolute Gasteiger partial charge is 0.469 e. The second-order valence-electron chi connectivity index (χ2n) is 4.58. The molecule has 0 aromatic heterocycles. The van der Waals surface area contributed by atoms with E-state index >= 15 is 0 Å². The van der Waals surface area contributed by atoms with Gasteiger partial charge in [-0.2, -0.15) is 0 Å². The zero-order chi connectivity index (χ0) is 15.5. The van der Waals surface area contributed by atoms with E-state index in [0.29, 0.717) is 16.8 Å². The van der Waals surface area contributed by atoms with Crippen LogP contribution in [-0.4, -0.2) is 39.4 Å². The summed E-state index contributed by atoms with van der Waals surface area (Å²) in [7, 11) is -0.983. The maximum absolute atomic E-state index is 12.5. The van der Waals surface area contributed by atoms with E-state index in [4.69, 9.17) is 5.73 Å². The van der Waals surface area contributed by atoms with E-state index < -0.39 is 16.0 Å². The Morgan fingerprint density at radius 2 is 1.95 bits per heavy atom. The van der Waals surface area contributed by atoms with Crippen molar-refractivity contribution in [3.05, 3.63) is 23.3 Å². The lowest BCUT2D eigenvalue weighted by Gasteiger charge is -2.20. The highest BCUT2D eigenvalue weighted by atomic mass is 32.2. The van der Waals surface area contributed by atoms with Gasteiger partial charge in [0.25, 0.3) is 0 Å². The molecule has 0 radical (unpaired) electrons. The Morgan fingerprint density at radius 1 is 1.35 bits per heavy atom. The lowest BCUT2D eigenvalue weighted by Crippen LogP contribution is -2.30. The van der Waals surface area contributed by atoms with Crippen LogP contribution in [0.5, 0.6) is 0 Å². The Bertz CT molecular complexity index is 611. The summed E-state index contributed by atoms with van der Waals surface area (Å²) in [4.78, 5) is 11.3. The van der Waals surface area contributed by atoms with E-state index in [9.17, 15) is 13.2 Å². The fourth-order valence-corrected chi connectivity index (χ4v) is 3.49. The van der Waals surface area contributed by atoms with Crippen molar-refractivity contribution in [3.63, 3.8) is 0 Å². The van der Waals surface area contributed by atoms with Crippen molar-refractivity contribution in [3.8, 4) is 0 Å². The van der Waals surface area contributed by atoms with Crippen molar-refractivity contribution in [2.45, 2.75) is 25.2 Å². The quantitative estimate of drug-likeness (QED) is 0.649. The molecule has 0 amide bonds. The van der Waals surface area contributed by atoms with Gasteiger partial charge in [0.15, 0.2) is 0 Å². The first kappa shape index (κ1) is 16.5. The monoisotopic (exact) mass is 300 g/mol. The number of nitrogens with two attached hydrogens (primary N) is 1. The van der Waals surface area contributed by atoms with Gasteiger partial charge in [-0.3, -0.25) is 4.79 Å². The summed E-state index contributed by atoms with van der Waals surface area (Å²) in [6, 6.07) is 3.35. The van der Waals surface area contributed by atoms with Crippen LogP contribution in [0.25, 0.3) is 0 Å². The first-order chi connectivity index (χ1) is 9.21. The Morgan fingerprint density at radius 3 is 2.50 bits per heavy atom. The highest BCUT2D eigenvalue weighted by molar-refractivity contribution is 7.89. The predicted octanol–water partition coefficient (Wildman–Crippen LogP) is 1.07. The first-order valence-corrected chi connectivity index (χ1v) is 7.54. The van der Waals surface area contributed by atoms with Crippen LogP contribution in [0, 0.1) is 13.8 Å². The zero-order valence-electron chi connectivity index (χ0n) is 12.1. The van der Waals surface area contributed by atoms with Crippen LogP contribution in [0.2, 0.25) is 0 Å². The maximum atomic E-state index is 12.5. The average molecular weight is 300 g/mol. The van der Waals surface area contributed by atoms with E-state index in [1.165, 1.54) is 14.2 Å². The van der Waals surface area contributed by atoms with Crippen molar-refractivity contribution in [2.24, 2.45) is 0 Å². The molecule has 0 saturated heterocycles.